The van der Waals surface area contributed by atoms with Crippen molar-refractivity contribution in [3.63, 3.8) is 0 Å². The minimum Gasteiger partial charge on any atom is -0.465 e. The molecule has 4 aliphatic rings. The van der Waals surface area contributed by atoms with Gasteiger partial charge in [0.25, 0.3) is 0 Å². The van der Waals surface area contributed by atoms with Crippen molar-refractivity contribution in [1.29, 1.82) is 0 Å². The number of rotatable bonds is 7. The van der Waals surface area contributed by atoms with Crippen LogP contribution in [0.5, 0.6) is 0 Å². The van der Waals surface area contributed by atoms with E-state index in [-0.39, 0.29) is 11.8 Å². The molecule has 3 atom stereocenters. The maximum atomic E-state index is 13.4. The zero-order chi connectivity index (χ0) is 19.4. The Morgan fingerprint density at radius 3 is 2.23 bits per heavy atom. The molecule has 0 aromatic rings. The number of hydrogen-bond acceptors (Lipinski definition) is 4. The molecule has 4 bridgehead atoms. The lowest BCUT2D eigenvalue weighted by Gasteiger charge is -2.58. The second-order valence-electron chi connectivity index (χ2n) is 8.18. The third-order valence-electron chi connectivity index (χ3n) is 5.98. The highest BCUT2D eigenvalue weighted by molar-refractivity contribution is 7.80. The maximum absolute atomic E-state index is 13.4. The molecular weight excluding hydrogens is 380 g/mol. The second kappa shape index (κ2) is 6.41. The smallest absolute Gasteiger partial charge is 0.406 e. The van der Waals surface area contributed by atoms with Crippen molar-refractivity contribution < 1.29 is 41.0 Å². The quantitative estimate of drug-likeness (QED) is 0.296. The van der Waals surface area contributed by atoms with Gasteiger partial charge in [0.2, 0.25) is 11.1 Å². The average Bonchev–Trinajstić information content (AvgIpc) is 2.48. The summed E-state index contributed by atoms with van der Waals surface area (Å²) in [5, 5.41) is 5.54. The number of carbonyl (C=O) groups is 1. The van der Waals surface area contributed by atoms with Gasteiger partial charge in [-0.15, -0.1) is 0 Å². The molecule has 3 unspecified atom stereocenters. The zero-order valence-corrected chi connectivity index (χ0v) is 14.9. The van der Waals surface area contributed by atoms with Gasteiger partial charge < -0.3 is 14.4 Å². The van der Waals surface area contributed by atoms with Gasteiger partial charge in [-0.25, -0.2) is 4.21 Å². The van der Waals surface area contributed by atoms with Gasteiger partial charge in [-0.2, -0.15) is 17.6 Å². The molecule has 26 heavy (non-hydrogen) atoms. The first-order valence-electron chi connectivity index (χ1n) is 8.65. The summed E-state index contributed by atoms with van der Waals surface area (Å²) in [5.41, 5.74) is -1.68. The number of ether oxygens (including phenoxy) is 1. The first kappa shape index (κ1) is 20.0. The van der Waals surface area contributed by atoms with Crippen molar-refractivity contribution in [2.24, 2.45) is 17.3 Å². The maximum Gasteiger partial charge on any atom is 0.406 e. The summed E-state index contributed by atoms with van der Waals surface area (Å²) in [4.78, 5) is 12.5. The fraction of sp³-hybridized carbons (Fsp3) is 0.938. The Morgan fingerprint density at radius 2 is 1.73 bits per heavy atom. The average molecular weight is 402 g/mol. The molecule has 150 valence electrons. The lowest BCUT2D eigenvalue weighted by Crippen LogP contribution is -2.58. The van der Waals surface area contributed by atoms with Crippen molar-refractivity contribution in [2.45, 2.75) is 68.1 Å². The van der Waals surface area contributed by atoms with Crippen LogP contribution in [-0.4, -0.2) is 43.2 Å². The number of halogens is 4. The highest BCUT2D eigenvalue weighted by atomic mass is 32.2. The molecule has 0 amide bonds. The highest BCUT2D eigenvalue weighted by Crippen LogP contribution is 2.62. The van der Waals surface area contributed by atoms with Crippen LogP contribution in [0.15, 0.2) is 0 Å². The van der Waals surface area contributed by atoms with E-state index >= 15 is 0 Å². The Morgan fingerprint density at radius 1 is 1.15 bits per heavy atom. The predicted octanol–water partition coefficient (Wildman–Crippen LogP) is 3.09. The molecule has 0 radical (unpaired) electrons. The van der Waals surface area contributed by atoms with E-state index in [1.165, 1.54) is 0 Å². The van der Waals surface area contributed by atoms with Crippen molar-refractivity contribution in [3.05, 3.63) is 0 Å². The van der Waals surface area contributed by atoms with Crippen LogP contribution in [0, 0.1) is 17.3 Å². The van der Waals surface area contributed by atoms with E-state index in [2.05, 4.69) is 0 Å². The molecule has 0 spiro atoms. The lowest BCUT2D eigenvalue weighted by atomic mass is 9.48. The third-order valence-corrected chi connectivity index (χ3v) is 6.71. The van der Waals surface area contributed by atoms with Gasteiger partial charge in [-0.1, -0.05) is 0 Å². The minimum absolute atomic E-state index is 0.247. The molecule has 0 saturated heterocycles. The van der Waals surface area contributed by atoms with Crippen LogP contribution in [0.2, 0.25) is 0 Å². The van der Waals surface area contributed by atoms with E-state index in [9.17, 15) is 31.7 Å². The highest BCUT2D eigenvalue weighted by Gasteiger charge is 2.62. The van der Waals surface area contributed by atoms with Crippen LogP contribution in [0.3, 0.4) is 0 Å². The van der Waals surface area contributed by atoms with Gasteiger partial charge in [0.05, 0.1) is 17.6 Å². The number of esters is 1. The summed E-state index contributed by atoms with van der Waals surface area (Å²) in [6.45, 7) is -0.474. The molecule has 5 nitrogen and oxygen atoms in total. The van der Waals surface area contributed by atoms with Crippen LogP contribution in [0.25, 0.3) is 0 Å². The second-order valence-corrected chi connectivity index (χ2v) is 9.19. The van der Waals surface area contributed by atoms with Crippen molar-refractivity contribution in [1.82, 2.24) is 0 Å². The largest absolute Gasteiger partial charge is 0.465 e. The molecule has 4 rings (SSSR count). The standard InChI is InChI=1S/C16H22F4O5S/c17-15(18,16(19,20)26(23)24)2-1-3-25-12(21)13-5-10-4-11(6-13)8-14(22,7-10)9-13/h10-11,22H,1-9H2,(H,23,24). The monoisotopic (exact) mass is 402 g/mol. The number of aliphatic hydroxyl groups is 1. The van der Waals surface area contributed by atoms with Crippen molar-refractivity contribution in [2.75, 3.05) is 6.61 Å². The van der Waals surface area contributed by atoms with E-state index in [0.29, 0.717) is 32.1 Å². The number of alkyl halides is 4. The number of carbonyl (C=O) groups excluding carboxylic acids is 1. The van der Waals surface area contributed by atoms with E-state index in [1.807, 2.05) is 0 Å². The van der Waals surface area contributed by atoms with Crippen molar-refractivity contribution in [3.8, 4) is 0 Å². The predicted molar refractivity (Wildman–Crippen MR) is 82.9 cm³/mol. The third kappa shape index (κ3) is 3.40. The van der Waals surface area contributed by atoms with Crippen LogP contribution >= 0.6 is 0 Å². The molecule has 0 aromatic carbocycles. The van der Waals surface area contributed by atoms with Gasteiger partial charge in [0.1, 0.15) is 0 Å². The molecule has 0 aliphatic heterocycles. The number of hydrogen-bond donors (Lipinski definition) is 2. The summed E-state index contributed by atoms with van der Waals surface area (Å²) in [6, 6.07) is 0. The molecular formula is C16H22F4O5S. The summed E-state index contributed by atoms with van der Waals surface area (Å²) in [7, 11) is 0. The van der Waals surface area contributed by atoms with Crippen LogP contribution in [0.4, 0.5) is 17.6 Å². The van der Waals surface area contributed by atoms with E-state index in [4.69, 9.17) is 9.29 Å². The molecule has 10 heteroatoms. The van der Waals surface area contributed by atoms with Crippen molar-refractivity contribution >= 4 is 17.0 Å². The fourth-order valence-corrected chi connectivity index (χ4v) is 5.70. The van der Waals surface area contributed by atoms with Crippen LogP contribution in [-0.2, 0) is 20.6 Å². The topological polar surface area (TPSA) is 83.8 Å². The Balaban J connectivity index is 1.53. The van der Waals surface area contributed by atoms with Gasteiger partial charge in [0, 0.05) is 6.42 Å². The molecule has 4 fully saturated rings. The Kier molecular flexibility index (Phi) is 4.93. The van der Waals surface area contributed by atoms with Gasteiger partial charge in [0.15, 0.2) is 0 Å². The normalized spacial score (nSPS) is 37.6. The van der Waals surface area contributed by atoms with Crippen LogP contribution < -0.4 is 0 Å². The van der Waals surface area contributed by atoms with Gasteiger partial charge in [-0.3, -0.25) is 4.79 Å². The minimum atomic E-state index is -5.06. The van der Waals surface area contributed by atoms with Gasteiger partial charge in [-0.05, 0) is 56.8 Å². The summed E-state index contributed by atoms with van der Waals surface area (Å²) >= 11 is -3.99. The Bertz CT molecular complexity index is 597. The molecule has 0 heterocycles. The molecule has 0 aromatic heterocycles. The summed E-state index contributed by atoms with van der Waals surface area (Å²) < 4.78 is 76.5. The lowest BCUT2D eigenvalue weighted by molar-refractivity contribution is -0.197. The van der Waals surface area contributed by atoms with Crippen LogP contribution in [0.1, 0.15) is 51.4 Å². The fourth-order valence-electron chi connectivity index (χ4n) is 5.34. The van der Waals surface area contributed by atoms with E-state index in [1.54, 1.807) is 0 Å². The zero-order valence-electron chi connectivity index (χ0n) is 14.1. The molecule has 4 aliphatic carbocycles. The first-order chi connectivity index (χ1) is 11.9. The summed E-state index contributed by atoms with van der Waals surface area (Å²) in [6.07, 6.45) is 1.86. The summed E-state index contributed by atoms with van der Waals surface area (Å²) in [5.74, 6) is -4.74. The molecule has 2 N–H and O–H groups in total. The first-order valence-corrected chi connectivity index (χ1v) is 9.76. The van der Waals surface area contributed by atoms with E-state index in [0.717, 1.165) is 6.42 Å². The Hall–Kier alpha value is -0.740. The molecule has 4 saturated carbocycles. The van der Waals surface area contributed by atoms with Gasteiger partial charge >= 0.3 is 17.1 Å². The Labute approximate surface area is 150 Å². The van der Waals surface area contributed by atoms with E-state index < -0.39 is 58.7 Å². The SMILES string of the molecule is O=C(OCCCC(F)(F)C(F)(F)S(=O)O)C12CC3CC(CC(O)(C3)C1)C2.